The van der Waals surface area contributed by atoms with Crippen LogP contribution >= 0.6 is 11.6 Å². The number of alkyl halides is 2. The molecule has 1 spiro atoms. The number of rotatable bonds is 7. The summed E-state index contributed by atoms with van der Waals surface area (Å²) in [7, 11) is 3.50. The number of aromatic nitrogens is 5. The minimum atomic E-state index is -3.13. The average molecular weight is 827 g/mol. The number of benzene rings is 2. The highest BCUT2D eigenvalue weighted by atomic mass is 35.5. The molecule has 6 heterocycles. The maximum Gasteiger partial charge on any atom is 0.301 e. The zero-order valence-corrected chi connectivity index (χ0v) is 33.5. The number of amides is 2. The lowest BCUT2D eigenvalue weighted by molar-refractivity contribution is -0.134. The third-order valence-corrected chi connectivity index (χ3v) is 13.5. The van der Waals surface area contributed by atoms with Crippen LogP contribution in [0.2, 0.25) is 5.02 Å². The van der Waals surface area contributed by atoms with Crippen molar-refractivity contribution in [2.45, 2.75) is 81.7 Å². The minimum Gasteiger partial charge on any atom is -0.480 e. The lowest BCUT2D eigenvalue weighted by Crippen LogP contribution is -2.44. The van der Waals surface area contributed by atoms with Crippen molar-refractivity contribution in [1.82, 2.24) is 29.6 Å². The molecule has 5 aromatic rings. The second kappa shape index (κ2) is 14.1. The fourth-order valence-electron chi connectivity index (χ4n) is 9.82. The molecule has 4 N–H and O–H groups in total. The number of imide groups is 1. The third kappa shape index (κ3) is 6.68. The number of piperidine rings is 1. The largest absolute Gasteiger partial charge is 0.480 e. The van der Waals surface area contributed by atoms with E-state index in [1.54, 1.807) is 31.4 Å². The van der Waals surface area contributed by atoms with E-state index < -0.39 is 30.0 Å². The standard InChI is InChI=1S/C42H45ClF2N10O4/c1-53-30-10-8-24(18-27(30)33-35(39(53)58)59-21-42(44,45)36(50-33)22-6-7-22)48-37-28(43)19-46-40(51-37)55-17-16-41(20-55)14-12-23(13-15-41)47-29-5-3-4-25-32(52-54(2)34(25)29)26-9-11-31(56)49-38(26)57/h3-5,8,10,18-19,22-23,26,36,47,50H,6-7,9,11-17,20-21H2,1-2H3,(H,46,48,51)(H,49,56,57)/t23?,26?,36-,41?/m0/s1. The molecule has 2 aromatic carbocycles. The number of carbonyl (C=O) groups is 2. The lowest BCUT2D eigenvalue weighted by atomic mass is 9.72. The molecular weight excluding hydrogens is 782 g/mol. The van der Waals surface area contributed by atoms with Gasteiger partial charge in [0.15, 0.2) is 12.4 Å². The molecular formula is C42H45ClF2N10O4. The monoisotopic (exact) mass is 826 g/mol. The van der Waals surface area contributed by atoms with E-state index >= 15 is 8.78 Å². The van der Waals surface area contributed by atoms with Gasteiger partial charge in [0, 0.05) is 56.1 Å². The van der Waals surface area contributed by atoms with E-state index in [0.717, 1.165) is 61.8 Å². The molecule has 59 heavy (non-hydrogen) atoms. The first kappa shape index (κ1) is 37.7. The Morgan fingerprint density at radius 3 is 2.59 bits per heavy atom. The van der Waals surface area contributed by atoms with Crippen LogP contribution in [0.15, 0.2) is 47.4 Å². The molecule has 0 radical (unpaired) electrons. The van der Waals surface area contributed by atoms with Crippen LogP contribution in [-0.2, 0) is 23.7 Å². The Morgan fingerprint density at radius 2 is 1.81 bits per heavy atom. The van der Waals surface area contributed by atoms with Crippen molar-refractivity contribution in [2.75, 3.05) is 40.5 Å². The molecule has 5 aliphatic rings. The van der Waals surface area contributed by atoms with Gasteiger partial charge in [0.1, 0.15) is 5.02 Å². The van der Waals surface area contributed by atoms with Crippen molar-refractivity contribution in [3.63, 3.8) is 0 Å². The van der Waals surface area contributed by atoms with Crippen molar-refractivity contribution in [3.05, 3.63) is 63.7 Å². The van der Waals surface area contributed by atoms with Gasteiger partial charge in [0.05, 0.1) is 46.3 Å². The highest BCUT2D eigenvalue weighted by Gasteiger charge is 2.51. The first-order valence-electron chi connectivity index (χ1n) is 20.4. The number of hydrogen-bond donors (Lipinski definition) is 4. The number of carbonyl (C=O) groups excluding carboxylic acids is 2. The normalized spacial score (nSPS) is 25.4. The van der Waals surface area contributed by atoms with Crippen molar-refractivity contribution in [1.29, 1.82) is 0 Å². The van der Waals surface area contributed by atoms with E-state index in [2.05, 4.69) is 37.2 Å². The van der Waals surface area contributed by atoms with E-state index in [1.165, 1.54) is 4.57 Å². The zero-order valence-electron chi connectivity index (χ0n) is 32.8. The first-order valence-corrected chi connectivity index (χ1v) is 20.8. The zero-order chi connectivity index (χ0) is 40.8. The molecule has 3 aromatic heterocycles. The summed E-state index contributed by atoms with van der Waals surface area (Å²) in [5, 5.41) is 19.2. The van der Waals surface area contributed by atoms with Crippen LogP contribution in [0.4, 0.5) is 37.6 Å². The molecule has 0 bridgehead atoms. The molecule has 14 nitrogen and oxygen atoms in total. The molecule has 2 saturated carbocycles. The molecule has 2 atom stereocenters. The molecule has 1 unspecified atom stereocenters. The van der Waals surface area contributed by atoms with Crippen LogP contribution in [-0.4, -0.2) is 73.8 Å². The summed E-state index contributed by atoms with van der Waals surface area (Å²) in [5.74, 6) is -3.43. The Bertz CT molecular complexity index is 2600. The highest BCUT2D eigenvalue weighted by Crippen LogP contribution is 2.47. The summed E-state index contributed by atoms with van der Waals surface area (Å²) >= 11 is 6.66. The van der Waals surface area contributed by atoms with Crippen molar-refractivity contribution in [2.24, 2.45) is 25.4 Å². The van der Waals surface area contributed by atoms with E-state index in [4.69, 9.17) is 26.4 Å². The molecule has 17 heteroatoms. The second-order valence-electron chi connectivity index (χ2n) is 17.1. The Hall–Kier alpha value is -5.51. The smallest absolute Gasteiger partial charge is 0.301 e. The quantitative estimate of drug-likeness (QED) is 0.131. The van der Waals surface area contributed by atoms with E-state index in [1.807, 2.05) is 23.9 Å². The molecule has 308 valence electrons. The Balaban J connectivity index is 0.832. The number of nitrogens with zero attached hydrogens (tertiary/aromatic N) is 6. The average Bonchev–Trinajstić information content (AvgIpc) is 3.91. The summed E-state index contributed by atoms with van der Waals surface area (Å²) in [4.78, 5) is 49.5. The molecule has 2 aliphatic carbocycles. The summed E-state index contributed by atoms with van der Waals surface area (Å²) in [6.07, 6.45) is 8.83. The van der Waals surface area contributed by atoms with Gasteiger partial charge in [-0.1, -0.05) is 23.7 Å². The van der Waals surface area contributed by atoms with E-state index in [9.17, 15) is 14.4 Å². The summed E-state index contributed by atoms with van der Waals surface area (Å²) in [6, 6.07) is 10.6. The van der Waals surface area contributed by atoms with Crippen LogP contribution in [0.5, 0.6) is 5.75 Å². The van der Waals surface area contributed by atoms with E-state index in [0.29, 0.717) is 64.8 Å². The predicted molar refractivity (Wildman–Crippen MR) is 221 cm³/mol. The van der Waals surface area contributed by atoms with Crippen LogP contribution in [0.3, 0.4) is 0 Å². The predicted octanol–water partition coefficient (Wildman–Crippen LogP) is 6.60. The number of aryl methyl sites for hydroxylation is 2. The number of hydrogen-bond acceptors (Lipinski definition) is 11. The highest BCUT2D eigenvalue weighted by molar-refractivity contribution is 6.33. The van der Waals surface area contributed by atoms with Crippen LogP contribution < -0.4 is 36.5 Å². The van der Waals surface area contributed by atoms with E-state index in [-0.39, 0.29) is 40.6 Å². The number of pyridine rings is 1. The summed E-state index contributed by atoms with van der Waals surface area (Å²) in [5.41, 5.74) is 3.75. The number of halogens is 3. The number of ether oxygens (including phenoxy) is 1. The molecule has 3 aliphatic heterocycles. The van der Waals surface area contributed by atoms with Crippen LogP contribution in [0.1, 0.15) is 69.4 Å². The number of para-hydroxylation sites is 1. The SMILES string of the molecule is Cn1nc(C2CCC(=O)NC2=O)c2cccc(NC3CCC4(CC3)CCN(c3ncc(Cl)c(Nc5ccc6c(c5)c5c(c(=O)n6C)OCC(F)(F)[C@H](C6CC6)N5)n3)C4)c21. The summed E-state index contributed by atoms with van der Waals surface area (Å²) in [6.45, 7) is 0.772. The van der Waals surface area contributed by atoms with Crippen LogP contribution in [0, 0.1) is 11.3 Å². The number of fused-ring (bicyclic) bond motifs is 4. The number of anilines is 5. The van der Waals surface area contributed by atoms with Gasteiger partial charge in [-0.25, -0.2) is 13.8 Å². The van der Waals surface area contributed by atoms with Gasteiger partial charge < -0.3 is 30.2 Å². The maximum absolute atomic E-state index is 15.2. The lowest BCUT2D eigenvalue weighted by Gasteiger charge is -2.37. The van der Waals surface area contributed by atoms with Gasteiger partial charge in [-0.2, -0.15) is 10.1 Å². The fourth-order valence-corrected chi connectivity index (χ4v) is 9.96. The molecule has 2 amide bonds. The van der Waals surface area contributed by atoms with Gasteiger partial charge >= 0.3 is 5.92 Å². The minimum absolute atomic E-state index is 0.110. The van der Waals surface area contributed by atoms with Crippen molar-refractivity contribution < 1.29 is 23.1 Å². The van der Waals surface area contributed by atoms with Gasteiger partial charge in [-0.05, 0) is 87.0 Å². The van der Waals surface area contributed by atoms with Gasteiger partial charge in [0.25, 0.3) is 5.56 Å². The Kier molecular flexibility index (Phi) is 8.99. The number of nitrogens with one attached hydrogen (secondary N) is 4. The Labute approximate surface area is 343 Å². The Morgan fingerprint density at radius 1 is 1.00 bits per heavy atom. The molecule has 2 saturated heterocycles. The van der Waals surface area contributed by atoms with Gasteiger partial charge in [0.2, 0.25) is 23.5 Å². The molecule has 4 fully saturated rings. The maximum atomic E-state index is 15.2. The third-order valence-electron chi connectivity index (χ3n) is 13.2. The van der Waals surface area contributed by atoms with Gasteiger partial charge in [-0.3, -0.25) is 24.4 Å². The van der Waals surface area contributed by atoms with Crippen molar-refractivity contribution in [3.8, 4) is 5.75 Å². The van der Waals surface area contributed by atoms with Crippen LogP contribution in [0.25, 0.3) is 21.8 Å². The summed E-state index contributed by atoms with van der Waals surface area (Å²) < 4.78 is 39.1. The molecule has 10 rings (SSSR count). The first-order chi connectivity index (χ1) is 28.4. The fraction of sp³-hybridized carbons (Fsp3) is 0.476. The van der Waals surface area contributed by atoms with Crippen molar-refractivity contribution >= 4 is 74.0 Å². The second-order valence-corrected chi connectivity index (χ2v) is 17.5. The topological polar surface area (TPSA) is 160 Å². The van der Waals surface area contributed by atoms with Gasteiger partial charge in [-0.15, -0.1) is 0 Å².